The molecule has 134 valence electrons. The summed E-state index contributed by atoms with van der Waals surface area (Å²) >= 11 is 3.41. The van der Waals surface area contributed by atoms with E-state index in [0.29, 0.717) is 21.5 Å². The van der Waals surface area contributed by atoms with Gasteiger partial charge in [-0.3, -0.25) is 9.69 Å². The van der Waals surface area contributed by atoms with Crippen LogP contribution in [0.15, 0.2) is 52.6 Å². The van der Waals surface area contributed by atoms with Crippen molar-refractivity contribution < 1.29 is 19.1 Å². The first-order valence-corrected chi connectivity index (χ1v) is 8.62. The predicted octanol–water partition coefficient (Wildman–Crippen LogP) is 3.56. The fourth-order valence-corrected chi connectivity index (χ4v) is 3.29. The van der Waals surface area contributed by atoms with Crippen LogP contribution in [-0.2, 0) is 11.3 Å². The Morgan fingerprint density at radius 3 is 2.50 bits per heavy atom. The van der Waals surface area contributed by atoms with Crippen LogP contribution in [0.4, 0.5) is 4.79 Å². The first-order valence-electron chi connectivity index (χ1n) is 7.83. The maximum absolute atomic E-state index is 12.6. The molecule has 0 atom stereocenters. The Hall–Kier alpha value is -2.80. The van der Waals surface area contributed by atoms with Crippen molar-refractivity contribution in [3.63, 3.8) is 0 Å². The third-order valence-electron chi connectivity index (χ3n) is 3.91. The molecule has 0 unspecified atom stereocenters. The maximum Gasteiger partial charge on any atom is 0.329 e. The molecule has 0 saturated carbocycles. The number of benzene rings is 2. The fraction of sp³-hybridized carbons (Fsp3) is 0.158. The molecule has 3 rings (SSSR count). The van der Waals surface area contributed by atoms with Gasteiger partial charge in [-0.25, -0.2) is 4.79 Å². The molecule has 1 aliphatic heterocycles. The number of ether oxygens (including phenoxy) is 2. The van der Waals surface area contributed by atoms with Gasteiger partial charge in [-0.2, -0.15) is 0 Å². The monoisotopic (exact) mass is 416 g/mol. The lowest BCUT2D eigenvalue weighted by molar-refractivity contribution is -0.123. The van der Waals surface area contributed by atoms with E-state index in [2.05, 4.69) is 21.2 Å². The van der Waals surface area contributed by atoms with Crippen LogP contribution in [0, 0.1) is 0 Å². The average Bonchev–Trinajstić information content (AvgIpc) is 2.89. The third-order valence-corrected chi connectivity index (χ3v) is 4.50. The second-order valence-electron chi connectivity index (χ2n) is 5.60. The molecule has 0 aromatic heterocycles. The maximum atomic E-state index is 12.6. The number of carbonyl (C=O) groups is 2. The summed E-state index contributed by atoms with van der Waals surface area (Å²) in [7, 11) is 3.08. The van der Waals surface area contributed by atoms with Crippen LogP contribution in [0.3, 0.4) is 0 Å². The molecule has 2 aromatic carbocycles. The van der Waals surface area contributed by atoms with Gasteiger partial charge in [0.25, 0.3) is 5.91 Å². The average molecular weight is 417 g/mol. The van der Waals surface area contributed by atoms with Crippen molar-refractivity contribution in [2.75, 3.05) is 14.2 Å². The van der Waals surface area contributed by atoms with E-state index in [-0.39, 0.29) is 18.1 Å². The minimum Gasteiger partial charge on any atom is -0.493 e. The van der Waals surface area contributed by atoms with E-state index in [1.54, 1.807) is 25.3 Å². The van der Waals surface area contributed by atoms with Gasteiger partial charge >= 0.3 is 6.03 Å². The van der Waals surface area contributed by atoms with Crippen LogP contribution in [-0.4, -0.2) is 31.1 Å². The summed E-state index contributed by atoms with van der Waals surface area (Å²) in [6.45, 7) is 0.221. The van der Waals surface area contributed by atoms with Crippen molar-refractivity contribution in [1.82, 2.24) is 10.2 Å². The largest absolute Gasteiger partial charge is 0.493 e. The van der Waals surface area contributed by atoms with Gasteiger partial charge in [0.2, 0.25) is 0 Å². The molecule has 0 radical (unpaired) electrons. The smallest absolute Gasteiger partial charge is 0.329 e. The molecule has 1 N–H and O–H groups in total. The molecular formula is C19H17BrN2O4. The number of urea groups is 1. The number of rotatable bonds is 5. The number of hydrogen-bond donors (Lipinski definition) is 1. The first-order chi connectivity index (χ1) is 12.5. The van der Waals surface area contributed by atoms with Crippen LogP contribution in [0.5, 0.6) is 11.5 Å². The molecule has 7 heteroatoms. The van der Waals surface area contributed by atoms with Gasteiger partial charge < -0.3 is 14.8 Å². The van der Waals surface area contributed by atoms with Gasteiger partial charge in [-0.05, 0) is 45.3 Å². The highest BCUT2D eigenvalue weighted by atomic mass is 79.9. The highest BCUT2D eigenvalue weighted by Gasteiger charge is 2.33. The molecule has 0 spiro atoms. The molecule has 1 heterocycles. The van der Waals surface area contributed by atoms with E-state index in [1.807, 2.05) is 30.3 Å². The van der Waals surface area contributed by atoms with E-state index in [4.69, 9.17) is 9.47 Å². The number of carbonyl (C=O) groups excluding carboxylic acids is 2. The van der Waals surface area contributed by atoms with Crippen LogP contribution in [0.1, 0.15) is 11.1 Å². The summed E-state index contributed by atoms with van der Waals surface area (Å²) in [4.78, 5) is 26.0. The lowest BCUT2D eigenvalue weighted by Crippen LogP contribution is -2.30. The summed E-state index contributed by atoms with van der Waals surface area (Å²) in [6.07, 6.45) is 1.61. The summed E-state index contributed by atoms with van der Waals surface area (Å²) in [6, 6.07) is 12.4. The third kappa shape index (κ3) is 3.57. The molecular weight excluding hydrogens is 400 g/mol. The summed E-state index contributed by atoms with van der Waals surface area (Å²) in [5.41, 5.74) is 1.79. The molecule has 1 aliphatic rings. The van der Waals surface area contributed by atoms with Crippen molar-refractivity contribution in [2.24, 2.45) is 0 Å². The number of hydrogen-bond acceptors (Lipinski definition) is 4. The van der Waals surface area contributed by atoms with Crippen molar-refractivity contribution in [3.05, 3.63) is 63.8 Å². The number of imide groups is 1. The zero-order chi connectivity index (χ0) is 18.7. The van der Waals surface area contributed by atoms with Crippen molar-refractivity contribution in [3.8, 4) is 11.5 Å². The van der Waals surface area contributed by atoms with Crippen LogP contribution in [0.25, 0.3) is 6.08 Å². The van der Waals surface area contributed by atoms with Gasteiger partial charge in [0.05, 0.1) is 25.2 Å². The Labute approximate surface area is 159 Å². The topological polar surface area (TPSA) is 67.9 Å². The minimum atomic E-state index is -0.440. The fourth-order valence-electron chi connectivity index (χ4n) is 2.67. The van der Waals surface area contributed by atoms with Gasteiger partial charge in [-0.1, -0.05) is 30.3 Å². The number of halogens is 1. The summed E-state index contributed by atoms with van der Waals surface area (Å²) in [5, 5.41) is 2.62. The number of methoxy groups -OCH3 is 2. The molecule has 1 fully saturated rings. The van der Waals surface area contributed by atoms with Gasteiger partial charge in [0.15, 0.2) is 11.5 Å². The summed E-state index contributed by atoms with van der Waals surface area (Å²) < 4.78 is 11.3. The van der Waals surface area contributed by atoms with E-state index >= 15 is 0 Å². The summed E-state index contributed by atoms with van der Waals surface area (Å²) in [5.74, 6) is 0.707. The lowest BCUT2D eigenvalue weighted by atomic mass is 10.1. The zero-order valence-electron chi connectivity index (χ0n) is 14.3. The minimum absolute atomic E-state index is 0.213. The molecule has 0 bridgehead atoms. The standard InChI is InChI=1S/C19H17BrN2O4/c1-25-16-10-13(8-14(20)17(16)26-2)9-15-18(23)22(19(24)21-15)11-12-6-4-3-5-7-12/h3-10H,11H2,1-2H3,(H,21,24)/b15-9+. The number of nitrogens with zero attached hydrogens (tertiary/aromatic N) is 1. The van der Waals surface area contributed by atoms with E-state index < -0.39 is 6.03 Å². The molecule has 3 amide bonds. The first kappa shape index (κ1) is 18.0. The van der Waals surface area contributed by atoms with Crippen molar-refractivity contribution in [2.45, 2.75) is 6.54 Å². The Balaban J connectivity index is 1.87. The van der Waals surface area contributed by atoms with Crippen LogP contribution < -0.4 is 14.8 Å². The highest BCUT2D eigenvalue weighted by Crippen LogP contribution is 2.37. The molecule has 2 aromatic rings. The quantitative estimate of drug-likeness (QED) is 0.597. The zero-order valence-corrected chi connectivity index (χ0v) is 15.9. The van der Waals surface area contributed by atoms with Gasteiger partial charge in [0, 0.05) is 0 Å². The lowest BCUT2D eigenvalue weighted by Gasteiger charge is -2.11. The Bertz CT molecular complexity index is 881. The second-order valence-corrected chi connectivity index (χ2v) is 6.46. The Morgan fingerprint density at radius 1 is 1.12 bits per heavy atom. The highest BCUT2D eigenvalue weighted by molar-refractivity contribution is 9.10. The molecule has 0 aliphatic carbocycles. The van der Waals surface area contributed by atoms with Crippen molar-refractivity contribution >= 4 is 33.9 Å². The number of nitrogens with one attached hydrogen (secondary N) is 1. The van der Waals surface area contributed by atoms with E-state index in [9.17, 15) is 9.59 Å². The second kappa shape index (κ2) is 7.61. The van der Waals surface area contributed by atoms with Gasteiger partial charge in [0.1, 0.15) is 5.70 Å². The number of amides is 3. The Morgan fingerprint density at radius 2 is 1.85 bits per heavy atom. The molecule has 1 saturated heterocycles. The predicted molar refractivity (Wildman–Crippen MR) is 101 cm³/mol. The normalized spacial score (nSPS) is 15.3. The SMILES string of the molecule is COc1cc(/C=C2/NC(=O)N(Cc3ccccc3)C2=O)cc(Br)c1OC. The Kier molecular flexibility index (Phi) is 5.27. The van der Waals surface area contributed by atoms with E-state index in [1.165, 1.54) is 12.0 Å². The van der Waals surface area contributed by atoms with Crippen LogP contribution >= 0.6 is 15.9 Å². The van der Waals surface area contributed by atoms with Crippen LogP contribution in [0.2, 0.25) is 0 Å². The van der Waals surface area contributed by atoms with E-state index in [0.717, 1.165) is 5.56 Å². The van der Waals surface area contributed by atoms with Gasteiger partial charge in [-0.15, -0.1) is 0 Å². The molecule has 6 nitrogen and oxygen atoms in total. The molecule has 26 heavy (non-hydrogen) atoms. The van der Waals surface area contributed by atoms with Crippen molar-refractivity contribution in [1.29, 1.82) is 0 Å².